The standard InChI is InChI=1S/C14H12F3N9O/c1-8(11-22-7-23-26(11)12-18-3-2-4-19-12)24-13(27)25-10-5-9(14(15,16)17)20-6-21-10/h2-8H,1H3,(H2,20,21,24,25,27)/t8-/m0/s1. The van der Waals surface area contributed by atoms with Gasteiger partial charge < -0.3 is 5.32 Å². The summed E-state index contributed by atoms with van der Waals surface area (Å²) in [5.41, 5.74) is -1.16. The first-order valence-electron chi connectivity index (χ1n) is 7.48. The van der Waals surface area contributed by atoms with E-state index < -0.39 is 23.9 Å². The summed E-state index contributed by atoms with van der Waals surface area (Å²) in [4.78, 5) is 30.9. The molecule has 3 heterocycles. The average Bonchev–Trinajstić information content (AvgIpc) is 3.12. The van der Waals surface area contributed by atoms with Crippen LogP contribution >= 0.6 is 0 Å². The Kier molecular flexibility index (Phi) is 4.92. The van der Waals surface area contributed by atoms with Gasteiger partial charge in [0.25, 0.3) is 5.95 Å². The Morgan fingerprint density at radius 1 is 1.11 bits per heavy atom. The quantitative estimate of drug-likeness (QED) is 0.708. The third-order valence-corrected chi connectivity index (χ3v) is 3.25. The van der Waals surface area contributed by atoms with Crippen molar-refractivity contribution in [2.45, 2.75) is 19.1 Å². The van der Waals surface area contributed by atoms with Crippen molar-refractivity contribution < 1.29 is 18.0 Å². The van der Waals surface area contributed by atoms with E-state index in [1.807, 2.05) is 0 Å². The third kappa shape index (κ3) is 4.31. The Hall–Kier alpha value is -3.64. The number of carbonyl (C=O) groups is 1. The fraction of sp³-hybridized carbons (Fsp3) is 0.214. The van der Waals surface area contributed by atoms with Gasteiger partial charge in [-0.15, -0.1) is 0 Å². The van der Waals surface area contributed by atoms with Gasteiger partial charge in [-0.2, -0.15) is 23.0 Å². The van der Waals surface area contributed by atoms with Gasteiger partial charge in [-0.05, 0) is 13.0 Å². The molecule has 0 unspecified atom stereocenters. The van der Waals surface area contributed by atoms with Crippen LogP contribution in [-0.4, -0.2) is 40.7 Å². The number of urea groups is 1. The summed E-state index contributed by atoms with van der Waals surface area (Å²) in [5, 5.41) is 8.75. The molecule has 10 nitrogen and oxygen atoms in total. The number of alkyl halides is 3. The van der Waals surface area contributed by atoms with Crippen molar-refractivity contribution in [3.63, 3.8) is 0 Å². The molecule has 0 aliphatic heterocycles. The molecule has 0 bridgehead atoms. The molecule has 0 spiro atoms. The SMILES string of the molecule is C[C@H](NC(=O)Nc1cc(C(F)(F)F)ncn1)c1ncnn1-c1ncccn1. The molecule has 0 aliphatic carbocycles. The van der Waals surface area contributed by atoms with Gasteiger partial charge in [0, 0.05) is 18.5 Å². The highest BCUT2D eigenvalue weighted by atomic mass is 19.4. The molecule has 0 fully saturated rings. The predicted octanol–water partition coefficient (Wildman–Crippen LogP) is 1.75. The van der Waals surface area contributed by atoms with Crippen LogP contribution in [0, 0.1) is 0 Å². The number of rotatable bonds is 4. The van der Waals surface area contributed by atoms with Crippen LogP contribution in [0.1, 0.15) is 24.5 Å². The number of aromatic nitrogens is 7. The minimum Gasteiger partial charge on any atom is -0.328 e. The predicted molar refractivity (Wildman–Crippen MR) is 84.6 cm³/mol. The molecule has 1 atom stereocenters. The van der Waals surface area contributed by atoms with E-state index >= 15 is 0 Å². The lowest BCUT2D eigenvalue weighted by atomic mass is 10.3. The van der Waals surface area contributed by atoms with Gasteiger partial charge in [-0.1, -0.05) is 0 Å². The van der Waals surface area contributed by atoms with E-state index in [0.717, 1.165) is 0 Å². The summed E-state index contributed by atoms with van der Waals surface area (Å²) in [5.74, 6) is 0.287. The summed E-state index contributed by atoms with van der Waals surface area (Å²) in [6, 6.07) is 0.828. The Morgan fingerprint density at radius 2 is 1.85 bits per heavy atom. The van der Waals surface area contributed by atoms with Crippen LogP contribution in [0.25, 0.3) is 5.95 Å². The smallest absolute Gasteiger partial charge is 0.328 e. The highest BCUT2D eigenvalue weighted by molar-refractivity contribution is 5.88. The van der Waals surface area contributed by atoms with E-state index in [1.54, 1.807) is 13.0 Å². The van der Waals surface area contributed by atoms with Gasteiger partial charge in [-0.3, -0.25) is 5.32 Å². The zero-order valence-electron chi connectivity index (χ0n) is 13.7. The zero-order valence-corrected chi connectivity index (χ0v) is 13.7. The van der Waals surface area contributed by atoms with Crippen LogP contribution in [0.2, 0.25) is 0 Å². The summed E-state index contributed by atoms with van der Waals surface area (Å²) in [7, 11) is 0. The van der Waals surface area contributed by atoms with Crippen LogP contribution in [0.4, 0.5) is 23.8 Å². The normalized spacial score (nSPS) is 12.4. The molecular formula is C14H12F3N9O. The van der Waals surface area contributed by atoms with Crippen molar-refractivity contribution in [3.8, 4) is 5.95 Å². The molecule has 0 saturated carbocycles. The molecule has 27 heavy (non-hydrogen) atoms. The first-order valence-corrected chi connectivity index (χ1v) is 7.48. The molecule has 2 N–H and O–H groups in total. The Balaban J connectivity index is 1.70. The van der Waals surface area contributed by atoms with Crippen LogP contribution in [0.3, 0.4) is 0 Å². The summed E-state index contributed by atoms with van der Waals surface area (Å²) < 4.78 is 39.3. The Labute approximate surface area is 149 Å². The molecule has 3 aromatic heterocycles. The lowest BCUT2D eigenvalue weighted by Gasteiger charge is -2.14. The molecule has 140 valence electrons. The molecule has 0 saturated heterocycles. The average molecular weight is 379 g/mol. The number of nitrogens with zero attached hydrogens (tertiary/aromatic N) is 7. The highest BCUT2D eigenvalue weighted by Gasteiger charge is 2.33. The van der Waals surface area contributed by atoms with Gasteiger partial charge in [0.1, 0.15) is 24.2 Å². The number of nitrogens with one attached hydrogen (secondary N) is 2. The summed E-state index contributed by atoms with van der Waals surface area (Å²) >= 11 is 0. The van der Waals surface area contributed by atoms with Crippen LogP contribution in [0.15, 0.2) is 37.2 Å². The van der Waals surface area contributed by atoms with Crippen molar-refractivity contribution in [1.82, 2.24) is 40.0 Å². The first kappa shape index (κ1) is 18.2. The highest BCUT2D eigenvalue weighted by Crippen LogP contribution is 2.28. The molecule has 2 amide bonds. The second kappa shape index (κ2) is 7.31. The lowest BCUT2D eigenvalue weighted by Crippen LogP contribution is -2.33. The summed E-state index contributed by atoms with van der Waals surface area (Å²) in [6.45, 7) is 1.62. The lowest BCUT2D eigenvalue weighted by molar-refractivity contribution is -0.141. The fourth-order valence-corrected chi connectivity index (χ4v) is 2.09. The fourth-order valence-electron chi connectivity index (χ4n) is 2.09. The van der Waals surface area contributed by atoms with Gasteiger partial charge in [0.05, 0.1) is 6.04 Å². The minimum atomic E-state index is -4.64. The van der Waals surface area contributed by atoms with E-state index in [1.165, 1.54) is 23.4 Å². The largest absolute Gasteiger partial charge is 0.433 e. The Bertz CT molecular complexity index is 929. The van der Waals surface area contributed by atoms with Crippen molar-refractivity contribution >= 4 is 11.8 Å². The maximum atomic E-state index is 12.7. The Morgan fingerprint density at radius 3 is 2.56 bits per heavy atom. The topological polar surface area (TPSA) is 123 Å². The molecule has 13 heteroatoms. The van der Waals surface area contributed by atoms with Crippen LogP contribution in [-0.2, 0) is 6.18 Å². The molecule has 3 rings (SSSR count). The number of halogens is 3. The third-order valence-electron chi connectivity index (χ3n) is 3.25. The molecular weight excluding hydrogens is 367 g/mol. The zero-order chi connectivity index (χ0) is 19.4. The molecule has 0 aromatic carbocycles. The van der Waals surface area contributed by atoms with Gasteiger partial charge in [0.2, 0.25) is 0 Å². The molecule has 0 aliphatic rings. The van der Waals surface area contributed by atoms with Crippen molar-refractivity contribution in [2.75, 3.05) is 5.32 Å². The van der Waals surface area contributed by atoms with Crippen molar-refractivity contribution in [1.29, 1.82) is 0 Å². The van der Waals surface area contributed by atoms with Gasteiger partial charge in [0.15, 0.2) is 5.82 Å². The maximum absolute atomic E-state index is 12.7. The minimum absolute atomic E-state index is 0.254. The molecule has 0 radical (unpaired) electrons. The van der Waals surface area contributed by atoms with Crippen molar-refractivity contribution in [3.05, 3.63) is 48.7 Å². The van der Waals surface area contributed by atoms with E-state index in [4.69, 9.17) is 0 Å². The van der Waals surface area contributed by atoms with E-state index in [9.17, 15) is 18.0 Å². The molecule has 3 aromatic rings. The van der Waals surface area contributed by atoms with E-state index in [0.29, 0.717) is 18.2 Å². The number of carbonyl (C=O) groups excluding carboxylic acids is 1. The number of amides is 2. The monoisotopic (exact) mass is 379 g/mol. The number of hydrogen-bond acceptors (Lipinski definition) is 7. The van der Waals surface area contributed by atoms with Crippen LogP contribution in [0.5, 0.6) is 0 Å². The van der Waals surface area contributed by atoms with Gasteiger partial charge >= 0.3 is 12.2 Å². The van der Waals surface area contributed by atoms with E-state index in [-0.39, 0.29) is 11.8 Å². The van der Waals surface area contributed by atoms with Gasteiger partial charge in [-0.25, -0.2) is 29.7 Å². The van der Waals surface area contributed by atoms with Crippen molar-refractivity contribution in [2.24, 2.45) is 0 Å². The second-order valence-corrected chi connectivity index (χ2v) is 5.19. The maximum Gasteiger partial charge on any atom is 0.433 e. The first-order chi connectivity index (χ1) is 12.8. The number of hydrogen-bond donors (Lipinski definition) is 2. The van der Waals surface area contributed by atoms with E-state index in [2.05, 4.69) is 40.7 Å². The van der Waals surface area contributed by atoms with Crippen LogP contribution < -0.4 is 10.6 Å². The number of anilines is 1. The summed E-state index contributed by atoms with van der Waals surface area (Å²) in [6.07, 6.45) is 0.375. The second-order valence-electron chi connectivity index (χ2n) is 5.19.